The smallest absolute Gasteiger partial charge is 0.0541 e. The van der Waals surface area contributed by atoms with Gasteiger partial charge in [0.15, 0.2) is 0 Å². The Labute approximate surface area is 400 Å². The number of rotatable bonds is 3. The van der Waals surface area contributed by atoms with E-state index in [9.17, 15) is 0 Å². The van der Waals surface area contributed by atoms with Gasteiger partial charge in [0.2, 0.25) is 0 Å². The number of para-hydroxylation sites is 5. The van der Waals surface area contributed by atoms with Gasteiger partial charge in [0.25, 0.3) is 0 Å². The fraction of sp³-hybridized carbons (Fsp3) is 0.0909. The molecule has 1 aliphatic heterocycles. The summed E-state index contributed by atoms with van der Waals surface area (Å²) >= 11 is 0. The van der Waals surface area contributed by atoms with Gasteiger partial charge in [0.05, 0.1) is 50.5 Å². The van der Waals surface area contributed by atoms with E-state index in [4.69, 9.17) is 0 Å². The maximum Gasteiger partial charge on any atom is 0.0541 e. The minimum absolute atomic E-state index is 0.258. The molecular weight excluding hydrogens is 835 g/mol. The number of anilines is 3. The third-order valence-corrected chi connectivity index (χ3v) is 16.2. The van der Waals surface area contributed by atoms with Gasteiger partial charge in [-0.1, -0.05) is 167 Å². The molecule has 13 aromatic rings. The second-order valence-corrected chi connectivity index (χ2v) is 20.5. The third-order valence-electron chi connectivity index (χ3n) is 16.2. The standard InChI is InChI=1S/C66H47N3/c1-65(2)55-27-13-18-32-63(55)69(64-39-57-54(38-58(64)65)53-36-51-45-21-7-5-19-43(45)44-20-6-8-22-46(44)52(51)37-56(53)66(57,3)4)42-34-40(67-59-28-14-9-23-47(59)48-24-10-15-29-60(48)67)33-41(35-42)68-61-30-16-11-25-49(61)50-26-12-17-31-62(50)68/h5-39H,1-4H3. The second kappa shape index (κ2) is 13.6. The summed E-state index contributed by atoms with van der Waals surface area (Å²) in [6.45, 7) is 9.73. The molecule has 69 heavy (non-hydrogen) atoms. The Bertz CT molecular complexity index is 4150. The number of nitrogens with zero attached hydrogens (tertiary/aromatic N) is 3. The lowest BCUT2D eigenvalue weighted by molar-refractivity contribution is 0.627. The SMILES string of the molecule is CC1(C)c2cc3c(cc2-c2cc4c5ccccc5c5ccccc5c4cc21)C(C)(C)c1ccccc1N3c1cc(-n2c3ccccc3c3ccccc32)cc(-n2c3ccccc3c3ccccc32)c1. The zero-order valence-corrected chi connectivity index (χ0v) is 39.0. The normalized spacial score (nSPS) is 14.6. The molecule has 0 saturated heterocycles. The summed E-state index contributed by atoms with van der Waals surface area (Å²) in [7, 11) is 0. The molecule has 0 saturated carbocycles. The summed E-state index contributed by atoms with van der Waals surface area (Å²) in [5.74, 6) is 0. The van der Waals surface area contributed by atoms with Crippen LogP contribution in [0.2, 0.25) is 0 Å². The quantitative estimate of drug-likeness (QED) is 0.161. The predicted molar refractivity (Wildman–Crippen MR) is 292 cm³/mol. The summed E-state index contributed by atoms with van der Waals surface area (Å²) in [5, 5.41) is 12.9. The largest absolute Gasteiger partial charge is 0.310 e. The maximum atomic E-state index is 2.58. The zero-order chi connectivity index (χ0) is 45.9. The van der Waals surface area contributed by atoms with E-state index in [0.29, 0.717) is 0 Å². The first-order valence-electron chi connectivity index (χ1n) is 24.3. The monoisotopic (exact) mass is 881 g/mol. The molecule has 0 bridgehead atoms. The molecule has 11 aromatic carbocycles. The molecule has 0 atom stereocenters. The van der Waals surface area contributed by atoms with Crippen molar-refractivity contribution in [3.63, 3.8) is 0 Å². The van der Waals surface area contributed by atoms with Crippen LogP contribution < -0.4 is 4.90 Å². The summed E-state index contributed by atoms with van der Waals surface area (Å²) in [5.41, 5.74) is 18.1. The molecule has 0 spiro atoms. The number of fused-ring (bicyclic) bond motifs is 17. The van der Waals surface area contributed by atoms with Gasteiger partial charge in [-0.25, -0.2) is 0 Å². The minimum atomic E-state index is -0.287. The second-order valence-electron chi connectivity index (χ2n) is 20.5. The molecule has 15 rings (SSSR count). The van der Waals surface area contributed by atoms with Crippen LogP contribution in [0.15, 0.2) is 212 Å². The Morgan fingerprint density at radius 2 is 0.623 bits per heavy atom. The molecule has 0 unspecified atom stereocenters. The lowest BCUT2D eigenvalue weighted by Crippen LogP contribution is -2.31. The molecule has 2 aliphatic rings. The molecule has 0 amide bonds. The summed E-state index contributed by atoms with van der Waals surface area (Å²) in [6.07, 6.45) is 0. The van der Waals surface area contributed by atoms with Crippen LogP contribution >= 0.6 is 0 Å². The van der Waals surface area contributed by atoms with Crippen LogP contribution in [0.4, 0.5) is 17.1 Å². The summed E-state index contributed by atoms with van der Waals surface area (Å²) in [4.78, 5) is 2.58. The molecule has 0 N–H and O–H groups in total. The fourth-order valence-electron chi connectivity index (χ4n) is 13.0. The lowest BCUT2D eigenvalue weighted by Gasteiger charge is -2.43. The molecule has 326 valence electrons. The number of hydrogen-bond donors (Lipinski definition) is 0. The highest BCUT2D eigenvalue weighted by atomic mass is 15.2. The van der Waals surface area contributed by atoms with Crippen LogP contribution in [0, 0.1) is 0 Å². The Kier molecular flexibility index (Phi) is 7.63. The maximum absolute atomic E-state index is 2.58. The van der Waals surface area contributed by atoms with Crippen molar-refractivity contribution in [1.82, 2.24) is 9.13 Å². The van der Waals surface area contributed by atoms with E-state index in [1.54, 1.807) is 0 Å². The van der Waals surface area contributed by atoms with Crippen LogP contribution in [-0.4, -0.2) is 9.13 Å². The Morgan fingerprint density at radius 1 is 0.261 bits per heavy atom. The molecule has 0 fully saturated rings. The topological polar surface area (TPSA) is 13.1 Å². The van der Waals surface area contributed by atoms with Crippen LogP contribution in [0.3, 0.4) is 0 Å². The van der Waals surface area contributed by atoms with E-state index in [2.05, 4.69) is 254 Å². The fourth-order valence-corrected chi connectivity index (χ4v) is 13.0. The number of hydrogen-bond acceptors (Lipinski definition) is 1. The molecule has 3 nitrogen and oxygen atoms in total. The van der Waals surface area contributed by atoms with E-state index in [1.165, 1.54) is 121 Å². The van der Waals surface area contributed by atoms with E-state index < -0.39 is 0 Å². The van der Waals surface area contributed by atoms with Crippen molar-refractivity contribution in [2.24, 2.45) is 0 Å². The van der Waals surface area contributed by atoms with Crippen molar-refractivity contribution in [3.05, 3.63) is 235 Å². The van der Waals surface area contributed by atoms with Crippen molar-refractivity contribution in [1.29, 1.82) is 0 Å². The van der Waals surface area contributed by atoms with Crippen molar-refractivity contribution >= 4 is 93.0 Å². The number of benzene rings is 11. The van der Waals surface area contributed by atoms with Gasteiger partial charge in [0.1, 0.15) is 0 Å². The van der Waals surface area contributed by atoms with E-state index in [0.717, 1.165) is 17.1 Å². The summed E-state index contributed by atoms with van der Waals surface area (Å²) in [6, 6.07) is 80.0. The Balaban J connectivity index is 1.03. The van der Waals surface area contributed by atoms with Gasteiger partial charge in [-0.3, -0.25) is 0 Å². The molecule has 1 aliphatic carbocycles. The minimum Gasteiger partial charge on any atom is -0.310 e. The van der Waals surface area contributed by atoms with Crippen molar-refractivity contribution in [3.8, 4) is 22.5 Å². The first kappa shape index (κ1) is 38.7. The molecule has 2 aromatic heterocycles. The molecular formula is C66H47N3. The molecule has 3 heteroatoms. The highest BCUT2D eigenvalue weighted by Gasteiger charge is 2.43. The first-order valence-corrected chi connectivity index (χ1v) is 24.3. The van der Waals surface area contributed by atoms with Crippen LogP contribution in [0.25, 0.3) is 98.4 Å². The summed E-state index contributed by atoms with van der Waals surface area (Å²) < 4.78 is 4.96. The van der Waals surface area contributed by atoms with Gasteiger partial charge < -0.3 is 14.0 Å². The lowest BCUT2D eigenvalue weighted by atomic mass is 9.72. The van der Waals surface area contributed by atoms with Gasteiger partial charge in [-0.2, -0.15) is 0 Å². The highest BCUT2D eigenvalue weighted by Crippen LogP contribution is 2.59. The van der Waals surface area contributed by atoms with Crippen molar-refractivity contribution in [2.45, 2.75) is 38.5 Å². The average Bonchev–Trinajstić information content (AvgIpc) is 3.98. The Hall–Kier alpha value is -8.40. The van der Waals surface area contributed by atoms with Gasteiger partial charge >= 0.3 is 0 Å². The molecule has 0 radical (unpaired) electrons. The van der Waals surface area contributed by atoms with Gasteiger partial charge in [-0.05, 0) is 138 Å². The van der Waals surface area contributed by atoms with Crippen LogP contribution in [0.1, 0.15) is 49.9 Å². The number of aromatic nitrogens is 2. The zero-order valence-electron chi connectivity index (χ0n) is 39.0. The average molecular weight is 882 g/mol. The van der Waals surface area contributed by atoms with E-state index in [1.807, 2.05) is 0 Å². The van der Waals surface area contributed by atoms with Crippen molar-refractivity contribution < 1.29 is 0 Å². The van der Waals surface area contributed by atoms with Crippen LogP contribution in [-0.2, 0) is 10.8 Å². The van der Waals surface area contributed by atoms with Gasteiger partial charge in [-0.15, -0.1) is 0 Å². The predicted octanol–water partition coefficient (Wildman–Crippen LogP) is 17.8. The van der Waals surface area contributed by atoms with E-state index >= 15 is 0 Å². The Morgan fingerprint density at radius 3 is 1.13 bits per heavy atom. The van der Waals surface area contributed by atoms with Gasteiger partial charge in [0, 0.05) is 32.4 Å². The first-order chi connectivity index (χ1) is 33.8. The van der Waals surface area contributed by atoms with Crippen LogP contribution in [0.5, 0.6) is 0 Å². The van der Waals surface area contributed by atoms with E-state index in [-0.39, 0.29) is 10.8 Å². The third kappa shape index (κ3) is 5.12. The highest BCUT2D eigenvalue weighted by molar-refractivity contribution is 6.26. The molecule has 3 heterocycles. The van der Waals surface area contributed by atoms with Crippen molar-refractivity contribution in [2.75, 3.05) is 4.90 Å².